The van der Waals surface area contributed by atoms with Gasteiger partial charge in [-0.1, -0.05) is 23.2 Å². The third kappa shape index (κ3) is 3.77. The highest BCUT2D eigenvalue weighted by molar-refractivity contribution is 7.89. The Hall–Kier alpha value is -0.530. The summed E-state index contributed by atoms with van der Waals surface area (Å²) in [4.78, 5) is 2.01. The molecule has 5 nitrogen and oxygen atoms in total. The molecular weight excluding hydrogens is 321 g/mol. The number of nitrogens with one attached hydrogen (secondary N) is 1. The minimum absolute atomic E-state index is 0.0260. The number of likely N-dealkylation sites (N-methyl/N-ethyl adjacent to an activating group) is 1. The Morgan fingerprint density at radius 1 is 1.35 bits per heavy atom. The van der Waals surface area contributed by atoms with Gasteiger partial charge in [0.05, 0.1) is 10.0 Å². The van der Waals surface area contributed by atoms with Gasteiger partial charge in [-0.3, -0.25) is 0 Å². The van der Waals surface area contributed by atoms with E-state index in [9.17, 15) is 8.42 Å². The number of nitrogens with zero attached hydrogens (tertiary/aromatic N) is 1. The molecule has 0 unspecified atom stereocenters. The normalized spacial score (nSPS) is 15.8. The highest BCUT2D eigenvalue weighted by Crippen LogP contribution is 2.31. The second-order valence-corrected chi connectivity index (χ2v) is 7.44. The van der Waals surface area contributed by atoms with Gasteiger partial charge in [-0.25, -0.2) is 13.1 Å². The van der Waals surface area contributed by atoms with Crippen molar-refractivity contribution < 1.29 is 8.42 Å². The van der Waals surface area contributed by atoms with Crippen molar-refractivity contribution >= 4 is 38.9 Å². The molecule has 112 valence electrons. The van der Waals surface area contributed by atoms with E-state index in [4.69, 9.17) is 28.9 Å². The maximum absolute atomic E-state index is 12.2. The van der Waals surface area contributed by atoms with Gasteiger partial charge in [-0.05, 0) is 32.0 Å². The van der Waals surface area contributed by atoms with E-state index in [-0.39, 0.29) is 14.9 Å². The van der Waals surface area contributed by atoms with Crippen molar-refractivity contribution in [3.05, 3.63) is 22.2 Å². The molecule has 1 aliphatic carbocycles. The Labute approximate surface area is 129 Å². The molecule has 0 aliphatic heterocycles. The van der Waals surface area contributed by atoms with Gasteiger partial charge >= 0.3 is 0 Å². The predicted octanol–water partition coefficient (Wildman–Crippen LogP) is 1.95. The van der Waals surface area contributed by atoms with Crippen LogP contribution in [0.5, 0.6) is 0 Å². The summed E-state index contributed by atoms with van der Waals surface area (Å²) >= 11 is 11.9. The maximum atomic E-state index is 12.2. The smallest absolute Gasteiger partial charge is 0.243 e. The lowest BCUT2D eigenvalue weighted by molar-refractivity contribution is 0.329. The van der Waals surface area contributed by atoms with Crippen molar-refractivity contribution in [2.45, 2.75) is 23.8 Å². The number of halogens is 2. The molecule has 0 saturated heterocycles. The van der Waals surface area contributed by atoms with Crippen LogP contribution in [0.3, 0.4) is 0 Å². The number of hydrogen-bond donors (Lipinski definition) is 2. The molecule has 1 aromatic carbocycles. The van der Waals surface area contributed by atoms with Crippen LogP contribution in [-0.4, -0.2) is 39.5 Å². The first-order valence-corrected chi connectivity index (χ1v) is 8.49. The number of nitrogen functional groups attached to an aromatic ring is 1. The average molecular weight is 338 g/mol. The summed E-state index contributed by atoms with van der Waals surface area (Å²) < 4.78 is 26.9. The molecule has 20 heavy (non-hydrogen) atoms. The minimum atomic E-state index is -3.74. The Morgan fingerprint density at radius 3 is 2.40 bits per heavy atom. The fourth-order valence-electron chi connectivity index (χ4n) is 1.96. The largest absolute Gasteiger partial charge is 0.399 e. The number of benzene rings is 1. The number of rotatable bonds is 6. The fraction of sp³-hybridized carbons (Fsp3) is 0.500. The van der Waals surface area contributed by atoms with Gasteiger partial charge in [-0.2, -0.15) is 0 Å². The van der Waals surface area contributed by atoms with Gasteiger partial charge in [0.25, 0.3) is 0 Å². The second kappa shape index (κ2) is 6.07. The lowest BCUT2D eigenvalue weighted by Gasteiger charge is -2.16. The van der Waals surface area contributed by atoms with Gasteiger partial charge in [-0.15, -0.1) is 0 Å². The van der Waals surface area contributed by atoms with Crippen molar-refractivity contribution in [3.8, 4) is 0 Å². The Morgan fingerprint density at radius 2 is 1.90 bits per heavy atom. The van der Waals surface area contributed by atoms with E-state index in [1.807, 2.05) is 7.05 Å². The van der Waals surface area contributed by atoms with E-state index >= 15 is 0 Å². The molecule has 0 radical (unpaired) electrons. The number of sulfonamides is 1. The number of hydrogen-bond acceptors (Lipinski definition) is 4. The van der Waals surface area contributed by atoms with Gasteiger partial charge in [0.1, 0.15) is 4.90 Å². The van der Waals surface area contributed by atoms with Crippen LogP contribution >= 0.6 is 23.2 Å². The molecular formula is C12H17Cl2N3O2S. The molecule has 0 heterocycles. The molecule has 0 bridgehead atoms. The second-order valence-electron chi connectivity index (χ2n) is 4.92. The molecule has 1 saturated carbocycles. The average Bonchev–Trinajstić information content (AvgIpc) is 3.09. The van der Waals surface area contributed by atoms with Crippen molar-refractivity contribution in [1.29, 1.82) is 0 Å². The summed E-state index contributed by atoms with van der Waals surface area (Å²) in [6.45, 7) is 0.959. The van der Waals surface area contributed by atoms with Crippen LogP contribution in [0.25, 0.3) is 0 Å². The van der Waals surface area contributed by atoms with E-state index in [0.29, 0.717) is 24.8 Å². The summed E-state index contributed by atoms with van der Waals surface area (Å²) in [5.41, 5.74) is 5.89. The third-order valence-corrected chi connectivity index (χ3v) is 5.60. The molecule has 3 N–H and O–H groups in total. The summed E-state index contributed by atoms with van der Waals surface area (Å²) in [5, 5.41) is 0.0519. The lowest BCUT2D eigenvalue weighted by Crippen LogP contribution is -2.34. The quantitative estimate of drug-likeness (QED) is 0.778. The Kier molecular flexibility index (Phi) is 4.81. The van der Waals surface area contributed by atoms with Crippen LogP contribution < -0.4 is 10.5 Å². The van der Waals surface area contributed by atoms with Crippen molar-refractivity contribution in [3.63, 3.8) is 0 Å². The number of nitrogens with two attached hydrogens (primary N) is 1. The molecule has 0 aromatic heterocycles. The van der Waals surface area contributed by atoms with Gasteiger partial charge in [0, 0.05) is 24.8 Å². The van der Waals surface area contributed by atoms with Crippen molar-refractivity contribution in [2.75, 3.05) is 25.9 Å². The SMILES string of the molecule is CN(CCNS(=O)(=O)c1c(Cl)cc(N)cc1Cl)C1CC1. The zero-order chi connectivity index (χ0) is 14.9. The molecule has 0 amide bonds. The predicted molar refractivity (Wildman–Crippen MR) is 81.7 cm³/mol. The van der Waals surface area contributed by atoms with Crippen molar-refractivity contribution in [1.82, 2.24) is 9.62 Å². The summed E-state index contributed by atoms with van der Waals surface area (Å²) in [6, 6.07) is 3.33. The van der Waals surface area contributed by atoms with E-state index in [1.54, 1.807) is 0 Å². The molecule has 8 heteroatoms. The number of anilines is 1. The Balaban J connectivity index is 2.06. The lowest BCUT2D eigenvalue weighted by atomic mass is 10.3. The standard InChI is InChI=1S/C12H17Cl2N3O2S/c1-17(9-2-3-9)5-4-16-20(18,19)12-10(13)6-8(15)7-11(12)14/h6-7,9,16H,2-5,15H2,1H3. The van der Waals surface area contributed by atoms with Crippen LogP contribution in [0.1, 0.15) is 12.8 Å². The first-order valence-electron chi connectivity index (χ1n) is 6.25. The minimum Gasteiger partial charge on any atom is -0.399 e. The highest BCUT2D eigenvalue weighted by atomic mass is 35.5. The van der Waals surface area contributed by atoms with E-state index in [2.05, 4.69) is 9.62 Å². The van der Waals surface area contributed by atoms with Crippen molar-refractivity contribution in [2.24, 2.45) is 0 Å². The molecule has 1 fully saturated rings. The van der Waals surface area contributed by atoms with E-state index in [0.717, 1.165) is 0 Å². The van der Waals surface area contributed by atoms with Crippen LogP contribution in [0.2, 0.25) is 10.0 Å². The molecule has 0 atom stereocenters. The van der Waals surface area contributed by atoms with Gasteiger partial charge in [0.15, 0.2) is 0 Å². The van der Waals surface area contributed by atoms with Gasteiger partial charge < -0.3 is 10.6 Å². The Bertz CT molecular complexity index is 580. The van der Waals surface area contributed by atoms with Crippen LogP contribution in [0.4, 0.5) is 5.69 Å². The molecule has 1 aromatic rings. The molecule has 2 rings (SSSR count). The van der Waals surface area contributed by atoms with Crippen LogP contribution in [-0.2, 0) is 10.0 Å². The third-order valence-electron chi connectivity index (χ3n) is 3.22. The summed E-state index contributed by atoms with van der Waals surface area (Å²) in [6.07, 6.45) is 2.36. The zero-order valence-electron chi connectivity index (χ0n) is 11.1. The monoisotopic (exact) mass is 337 g/mol. The first-order chi connectivity index (χ1) is 9.31. The maximum Gasteiger partial charge on any atom is 0.243 e. The first kappa shape index (κ1) is 15.9. The van der Waals surface area contributed by atoms with Gasteiger partial charge in [0.2, 0.25) is 10.0 Å². The fourth-order valence-corrected chi connectivity index (χ4v) is 4.21. The molecule has 0 spiro atoms. The van der Waals surface area contributed by atoms with Crippen LogP contribution in [0, 0.1) is 0 Å². The molecule has 1 aliphatic rings. The van der Waals surface area contributed by atoms with Crippen LogP contribution in [0.15, 0.2) is 17.0 Å². The summed E-state index contributed by atoms with van der Waals surface area (Å²) in [7, 11) is -1.75. The topological polar surface area (TPSA) is 75.4 Å². The summed E-state index contributed by atoms with van der Waals surface area (Å²) in [5.74, 6) is 0. The van der Waals surface area contributed by atoms with E-state index < -0.39 is 10.0 Å². The highest BCUT2D eigenvalue weighted by Gasteiger charge is 2.26. The van der Waals surface area contributed by atoms with E-state index in [1.165, 1.54) is 25.0 Å². The zero-order valence-corrected chi connectivity index (χ0v) is 13.4.